The molecule has 0 bridgehead atoms. The zero-order valence-electron chi connectivity index (χ0n) is 14.3. The number of ketones is 1. The Labute approximate surface area is 162 Å². The van der Waals surface area contributed by atoms with E-state index >= 15 is 0 Å². The number of alkyl halides is 6. The molecule has 0 aliphatic carbocycles. The molecule has 2 rings (SSSR count). The molecule has 6 nitrogen and oxygen atoms in total. The fraction of sp³-hybridized carbons (Fsp3) is 0.250. The number of hydrogen-bond donors (Lipinski definition) is 1. The van der Waals surface area contributed by atoms with E-state index < -0.39 is 40.9 Å². The van der Waals surface area contributed by atoms with Gasteiger partial charge in [0.05, 0.1) is 15.8 Å². The summed E-state index contributed by atoms with van der Waals surface area (Å²) in [5, 5.41) is 2.47. The first-order valence-electron chi connectivity index (χ1n) is 7.62. The smallest absolute Gasteiger partial charge is 0.345 e. The van der Waals surface area contributed by atoms with Crippen LogP contribution in [0.2, 0.25) is 0 Å². The maximum Gasteiger partial charge on any atom is 0.498 e. The minimum Gasteiger partial charge on any atom is -0.345 e. The van der Waals surface area contributed by atoms with Crippen molar-refractivity contribution in [1.82, 2.24) is 5.32 Å². The highest BCUT2D eigenvalue weighted by Crippen LogP contribution is 2.26. The van der Waals surface area contributed by atoms with E-state index in [0.717, 1.165) is 24.5 Å². The Morgan fingerprint density at radius 2 is 1.52 bits per heavy atom. The van der Waals surface area contributed by atoms with Crippen molar-refractivity contribution in [3.63, 3.8) is 0 Å². The molecule has 0 radical (unpaired) electrons. The largest absolute Gasteiger partial charge is 0.498 e. The topological polar surface area (TPSA) is 76.3 Å². The molecule has 1 N–H and O–H groups in total. The number of pyridine rings is 1. The zero-order valence-corrected chi connectivity index (χ0v) is 15.1. The van der Waals surface area contributed by atoms with Gasteiger partial charge in [0.15, 0.2) is 0 Å². The van der Waals surface area contributed by atoms with Crippen molar-refractivity contribution in [1.29, 1.82) is 0 Å². The van der Waals surface area contributed by atoms with Gasteiger partial charge in [0.2, 0.25) is 12.4 Å². The monoisotopic (exact) mass is 441 g/mol. The van der Waals surface area contributed by atoms with Gasteiger partial charge in [0.25, 0.3) is 11.7 Å². The van der Waals surface area contributed by atoms with Gasteiger partial charge < -0.3 is 5.32 Å². The van der Waals surface area contributed by atoms with Gasteiger partial charge in [-0.3, -0.25) is 9.59 Å². The lowest BCUT2D eigenvalue weighted by Gasteiger charge is -2.12. The number of Topliss-reactive ketones (excluding diaryl/α,β-unsaturated/α-hetero) is 1. The van der Waals surface area contributed by atoms with E-state index in [1.807, 2.05) is 0 Å². The van der Waals surface area contributed by atoms with Crippen molar-refractivity contribution in [2.75, 3.05) is 0 Å². The van der Waals surface area contributed by atoms with Crippen LogP contribution in [0, 0.1) is 0 Å². The zero-order chi connectivity index (χ0) is 22.0. The van der Waals surface area contributed by atoms with Crippen LogP contribution in [0.5, 0.6) is 0 Å². The summed E-state index contributed by atoms with van der Waals surface area (Å²) in [6.45, 7) is 1.51. The first kappa shape index (κ1) is 22.3. The molecular formula is C16H11F6N2O4S+. The second-order valence-corrected chi connectivity index (χ2v) is 6.64. The van der Waals surface area contributed by atoms with E-state index in [1.54, 1.807) is 0 Å². The number of halogens is 6. The van der Waals surface area contributed by atoms with E-state index in [2.05, 4.69) is 10.2 Å². The number of hydrogen-bond acceptors (Lipinski definition) is 5. The van der Waals surface area contributed by atoms with Crippen LogP contribution in [0.1, 0.15) is 37.9 Å². The van der Waals surface area contributed by atoms with Crippen molar-refractivity contribution in [3.8, 4) is 0 Å². The van der Waals surface area contributed by atoms with Gasteiger partial charge in [0.1, 0.15) is 0 Å². The SMILES string of the molecule is CC(NC(=O)c1ccc(C(=O)C(F)(F)F)s1)c1cc[n+](OC(=O)C(F)(F)F)cc1. The molecule has 156 valence electrons. The average molecular weight is 441 g/mol. The maximum absolute atomic E-state index is 12.4. The Kier molecular flexibility index (Phi) is 6.30. The summed E-state index contributed by atoms with van der Waals surface area (Å²) in [6.07, 6.45) is -8.21. The van der Waals surface area contributed by atoms with Crippen molar-refractivity contribution >= 4 is 29.0 Å². The molecule has 2 aromatic heterocycles. The third kappa shape index (κ3) is 5.76. The Morgan fingerprint density at radius 1 is 0.966 bits per heavy atom. The normalized spacial score (nSPS) is 12.9. The van der Waals surface area contributed by atoms with Gasteiger partial charge >= 0.3 is 18.3 Å². The van der Waals surface area contributed by atoms with Crippen molar-refractivity contribution < 1.29 is 50.3 Å². The molecule has 0 fully saturated rings. The van der Waals surface area contributed by atoms with Gasteiger partial charge in [-0.25, -0.2) is 4.79 Å². The van der Waals surface area contributed by atoms with E-state index in [4.69, 9.17) is 0 Å². The van der Waals surface area contributed by atoms with Crippen molar-refractivity contribution in [3.05, 3.63) is 52.0 Å². The summed E-state index contributed by atoms with van der Waals surface area (Å²) in [6, 6.07) is 3.80. The third-order valence-electron chi connectivity index (χ3n) is 3.41. The van der Waals surface area contributed by atoms with Crippen LogP contribution in [0.15, 0.2) is 36.7 Å². The van der Waals surface area contributed by atoms with Crippen molar-refractivity contribution in [2.24, 2.45) is 0 Å². The number of aromatic nitrogens is 1. The Morgan fingerprint density at radius 3 is 2.03 bits per heavy atom. The van der Waals surface area contributed by atoms with Crippen molar-refractivity contribution in [2.45, 2.75) is 25.3 Å². The maximum atomic E-state index is 12.4. The molecule has 1 amide bonds. The number of nitrogens with zero attached hydrogens (tertiary/aromatic N) is 1. The Hall–Kier alpha value is -2.96. The number of nitrogens with one attached hydrogen (secondary N) is 1. The summed E-state index contributed by atoms with van der Waals surface area (Å²) in [4.78, 5) is 37.3. The molecule has 0 saturated carbocycles. The highest BCUT2D eigenvalue weighted by Gasteiger charge is 2.44. The molecule has 1 atom stereocenters. The summed E-state index contributed by atoms with van der Waals surface area (Å²) in [7, 11) is 0. The Balaban J connectivity index is 2.02. The summed E-state index contributed by atoms with van der Waals surface area (Å²) in [5.41, 5.74) is 0.404. The molecule has 0 saturated heterocycles. The lowest BCUT2D eigenvalue weighted by molar-refractivity contribution is -0.871. The van der Waals surface area contributed by atoms with E-state index in [-0.39, 0.29) is 4.88 Å². The van der Waals surface area contributed by atoms with Crippen LogP contribution < -0.4 is 14.9 Å². The third-order valence-corrected chi connectivity index (χ3v) is 4.49. The highest BCUT2D eigenvalue weighted by atomic mass is 32.1. The summed E-state index contributed by atoms with van der Waals surface area (Å²) < 4.78 is 74.2. The number of carbonyl (C=O) groups excluding carboxylic acids is 3. The molecule has 0 aromatic carbocycles. The Bertz CT molecular complexity index is 921. The second kappa shape index (κ2) is 8.19. The van der Waals surface area contributed by atoms with Gasteiger partial charge in [-0.05, 0) is 24.6 Å². The van der Waals surface area contributed by atoms with Gasteiger partial charge in [0, 0.05) is 16.9 Å². The first-order valence-corrected chi connectivity index (χ1v) is 8.43. The lowest BCUT2D eigenvalue weighted by atomic mass is 10.1. The molecule has 0 spiro atoms. The lowest BCUT2D eigenvalue weighted by Crippen LogP contribution is -2.49. The first-order chi connectivity index (χ1) is 13.3. The second-order valence-electron chi connectivity index (χ2n) is 5.55. The van der Waals surface area contributed by atoms with Gasteiger partial charge in [-0.2, -0.15) is 31.2 Å². The summed E-state index contributed by atoms with van der Waals surface area (Å²) in [5.74, 6) is -5.22. The van der Waals surface area contributed by atoms with Gasteiger partial charge in [-0.15, -0.1) is 11.3 Å². The minimum atomic E-state index is -5.17. The average Bonchev–Trinajstić information content (AvgIpc) is 3.10. The quantitative estimate of drug-likeness (QED) is 0.440. The minimum absolute atomic E-state index is 0.130. The van der Waals surface area contributed by atoms with Crippen LogP contribution in [0.25, 0.3) is 0 Å². The van der Waals surface area contributed by atoms with E-state index in [1.165, 1.54) is 19.1 Å². The fourth-order valence-corrected chi connectivity index (χ4v) is 2.86. The standard InChI is InChI=1S/C16H10F6N2O4S/c1-8(9-4-6-24(7-5-9)28-14(27)16(20,21)22)23-13(26)11-3-2-10(29-11)12(25)15(17,18)19/h2-8H,1H3/p+1. The molecule has 1 unspecified atom stereocenters. The fourth-order valence-electron chi connectivity index (χ4n) is 1.99. The molecular weight excluding hydrogens is 430 g/mol. The number of rotatable bonds is 5. The number of thiophene rings is 1. The van der Waals surface area contributed by atoms with Crippen LogP contribution in [0.3, 0.4) is 0 Å². The van der Waals surface area contributed by atoms with Crippen LogP contribution in [-0.4, -0.2) is 30.0 Å². The van der Waals surface area contributed by atoms with Crippen LogP contribution >= 0.6 is 11.3 Å². The van der Waals surface area contributed by atoms with Crippen LogP contribution in [0.4, 0.5) is 26.3 Å². The summed E-state index contributed by atoms with van der Waals surface area (Å²) >= 11 is 0.375. The molecule has 2 aromatic rings. The van der Waals surface area contributed by atoms with E-state index in [0.29, 0.717) is 21.6 Å². The molecule has 0 aliphatic heterocycles. The predicted molar refractivity (Wildman–Crippen MR) is 84.9 cm³/mol. The predicted octanol–water partition coefficient (Wildman–Crippen LogP) is 2.79. The molecule has 29 heavy (non-hydrogen) atoms. The van der Waals surface area contributed by atoms with E-state index in [9.17, 15) is 40.7 Å². The molecule has 0 aliphatic rings. The number of amides is 1. The van der Waals surface area contributed by atoms with Crippen LogP contribution in [-0.2, 0) is 4.79 Å². The molecule has 13 heteroatoms. The molecule has 2 heterocycles. The number of carbonyl (C=O) groups is 3. The highest BCUT2D eigenvalue weighted by molar-refractivity contribution is 7.16. The van der Waals surface area contributed by atoms with Gasteiger partial charge in [-0.1, -0.05) is 0 Å².